The van der Waals surface area contributed by atoms with Crippen LogP contribution in [0.25, 0.3) is 0 Å². The maximum absolute atomic E-state index is 12.4. The first-order chi connectivity index (χ1) is 10.1. The first kappa shape index (κ1) is 17.1. The lowest BCUT2D eigenvalue weighted by molar-refractivity contribution is -0.0504. The Kier molecular flexibility index (Phi) is 7.42. The zero-order valence-corrected chi connectivity index (χ0v) is 12.1. The number of alkyl halides is 3. The molecule has 0 aliphatic heterocycles. The van der Waals surface area contributed by atoms with E-state index >= 15 is 0 Å². The summed E-state index contributed by atoms with van der Waals surface area (Å²) in [5.74, 6) is 0.607. The first-order valence-electron chi connectivity index (χ1n) is 6.61. The number of nitrogens with one attached hydrogen (secondary N) is 2. The van der Waals surface area contributed by atoms with Crippen LogP contribution < -0.4 is 15.4 Å². The third-order valence-corrected chi connectivity index (χ3v) is 2.70. The SMILES string of the molecule is CN=C(NCCCF)NCc1cc(C)ccc1OC(F)F. The summed E-state index contributed by atoms with van der Waals surface area (Å²) in [6.45, 7) is -0.685. The molecule has 0 bridgehead atoms. The highest BCUT2D eigenvalue weighted by Gasteiger charge is 2.10. The molecule has 0 radical (unpaired) electrons. The van der Waals surface area contributed by atoms with E-state index in [0.717, 1.165) is 5.56 Å². The highest BCUT2D eigenvalue weighted by atomic mass is 19.3. The normalized spacial score (nSPS) is 11.6. The Labute approximate surface area is 122 Å². The fourth-order valence-corrected chi connectivity index (χ4v) is 1.73. The lowest BCUT2D eigenvalue weighted by Gasteiger charge is -2.15. The molecule has 4 nitrogen and oxygen atoms in total. The van der Waals surface area contributed by atoms with Crippen LogP contribution >= 0.6 is 0 Å². The number of halogens is 3. The monoisotopic (exact) mass is 303 g/mol. The minimum absolute atomic E-state index is 0.127. The average molecular weight is 303 g/mol. The summed E-state index contributed by atoms with van der Waals surface area (Å²) in [5.41, 5.74) is 1.54. The molecular weight excluding hydrogens is 283 g/mol. The molecule has 0 saturated carbocycles. The van der Waals surface area contributed by atoms with Gasteiger partial charge < -0.3 is 15.4 Å². The molecule has 0 unspecified atom stereocenters. The first-order valence-corrected chi connectivity index (χ1v) is 6.61. The molecule has 2 N–H and O–H groups in total. The summed E-state index contributed by atoms with van der Waals surface area (Å²) >= 11 is 0. The molecule has 0 spiro atoms. The lowest BCUT2D eigenvalue weighted by Crippen LogP contribution is -2.37. The van der Waals surface area contributed by atoms with Crippen LogP contribution in [0, 0.1) is 6.92 Å². The molecule has 0 saturated heterocycles. The second kappa shape index (κ2) is 9.10. The van der Waals surface area contributed by atoms with Crippen molar-refractivity contribution in [1.29, 1.82) is 0 Å². The summed E-state index contributed by atoms with van der Waals surface area (Å²) in [7, 11) is 1.58. The van der Waals surface area contributed by atoms with Crippen molar-refractivity contribution in [2.75, 3.05) is 20.3 Å². The summed E-state index contributed by atoms with van der Waals surface area (Å²) < 4.78 is 41.2. The molecule has 7 heteroatoms. The van der Waals surface area contributed by atoms with Crippen LogP contribution in [-0.4, -0.2) is 32.8 Å². The van der Waals surface area contributed by atoms with E-state index in [4.69, 9.17) is 0 Å². The molecule has 0 atom stereocenters. The van der Waals surface area contributed by atoms with Crippen molar-refractivity contribution in [1.82, 2.24) is 10.6 Å². The van der Waals surface area contributed by atoms with Crippen molar-refractivity contribution in [3.8, 4) is 5.75 Å². The number of rotatable bonds is 7. The minimum Gasteiger partial charge on any atom is -0.434 e. The highest BCUT2D eigenvalue weighted by molar-refractivity contribution is 5.79. The van der Waals surface area contributed by atoms with Gasteiger partial charge in [0, 0.05) is 25.7 Å². The largest absolute Gasteiger partial charge is 0.434 e. The van der Waals surface area contributed by atoms with Gasteiger partial charge in [-0.3, -0.25) is 9.38 Å². The molecule has 0 fully saturated rings. The fourth-order valence-electron chi connectivity index (χ4n) is 1.73. The Balaban J connectivity index is 2.66. The van der Waals surface area contributed by atoms with E-state index in [0.29, 0.717) is 24.5 Å². The van der Waals surface area contributed by atoms with Crippen LogP contribution in [0.15, 0.2) is 23.2 Å². The Hall–Kier alpha value is -1.92. The van der Waals surface area contributed by atoms with E-state index in [1.807, 2.05) is 6.92 Å². The Morgan fingerprint density at radius 3 is 2.71 bits per heavy atom. The van der Waals surface area contributed by atoms with Gasteiger partial charge in [-0.25, -0.2) is 0 Å². The number of nitrogens with zero attached hydrogens (tertiary/aromatic N) is 1. The summed E-state index contributed by atoms with van der Waals surface area (Å²) in [6, 6.07) is 4.98. The van der Waals surface area contributed by atoms with E-state index < -0.39 is 13.3 Å². The molecule has 0 aliphatic carbocycles. The number of ether oxygens (including phenoxy) is 1. The Morgan fingerprint density at radius 1 is 1.33 bits per heavy atom. The molecule has 0 heterocycles. The van der Waals surface area contributed by atoms with Gasteiger partial charge >= 0.3 is 6.61 Å². The van der Waals surface area contributed by atoms with Crippen molar-refractivity contribution >= 4 is 5.96 Å². The van der Waals surface area contributed by atoms with Crippen molar-refractivity contribution in [3.63, 3.8) is 0 Å². The van der Waals surface area contributed by atoms with E-state index in [9.17, 15) is 13.2 Å². The molecule has 1 aromatic rings. The van der Waals surface area contributed by atoms with Crippen LogP contribution in [-0.2, 0) is 6.54 Å². The van der Waals surface area contributed by atoms with Crippen LogP contribution in [0.4, 0.5) is 13.2 Å². The second-order valence-electron chi connectivity index (χ2n) is 4.38. The summed E-state index contributed by atoms with van der Waals surface area (Å²) in [5, 5.41) is 5.90. The molecule has 1 rings (SSSR count). The third-order valence-electron chi connectivity index (χ3n) is 2.70. The maximum atomic E-state index is 12.4. The summed E-state index contributed by atoms with van der Waals surface area (Å²) in [6.07, 6.45) is 0.380. The molecule has 0 aliphatic rings. The third kappa shape index (κ3) is 6.37. The van der Waals surface area contributed by atoms with E-state index in [-0.39, 0.29) is 12.3 Å². The van der Waals surface area contributed by atoms with Crippen LogP contribution in [0.3, 0.4) is 0 Å². The standard InChI is InChI=1S/C14H20F3N3O/c1-10-4-5-12(21-13(16)17)11(8-10)9-20-14(18-2)19-7-3-6-15/h4-5,8,13H,3,6-7,9H2,1-2H3,(H2,18,19,20). The molecule has 0 aromatic heterocycles. The molecule has 118 valence electrons. The minimum atomic E-state index is -2.87. The zero-order valence-electron chi connectivity index (χ0n) is 12.1. The van der Waals surface area contributed by atoms with Crippen molar-refractivity contribution in [3.05, 3.63) is 29.3 Å². The molecular formula is C14H20F3N3O. The van der Waals surface area contributed by atoms with Crippen LogP contribution in [0.5, 0.6) is 5.75 Å². The number of hydrogen-bond donors (Lipinski definition) is 2. The van der Waals surface area contributed by atoms with Gasteiger partial charge in [0.1, 0.15) is 5.75 Å². The second-order valence-corrected chi connectivity index (χ2v) is 4.38. The maximum Gasteiger partial charge on any atom is 0.387 e. The average Bonchev–Trinajstić information content (AvgIpc) is 2.44. The smallest absolute Gasteiger partial charge is 0.387 e. The quantitative estimate of drug-likeness (QED) is 0.462. The van der Waals surface area contributed by atoms with Gasteiger partial charge in [0.2, 0.25) is 0 Å². The van der Waals surface area contributed by atoms with E-state index in [1.54, 1.807) is 19.2 Å². The van der Waals surface area contributed by atoms with Gasteiger partial charge in [0.15, 0.2) is 5.96 Å². The molecule has 21 heavy (non-hydrogen) atoms. The number of aryl methyl sites for hydroxylation is 1. The Bertz CT molecular complexity index is 467. The summed E-state index contributed by atoms with van der Waals surface area (Å²) in [4.78, 5) is 3.97. The van der Waals surface area contributed by atoms with Gasteiger partial charge in [-0.2, -0.15) is 8.78 Å². The van der Waals surface area contributed by atoms with Crippen molar-refractivity contribution in [2.45, 2.75) is 26.5 Å². The lowest BCUT2D eigenvalue weighted by atomic mass is 10.1. The van der Waals surface area contributed by atoms with Gasteiger partial charge in [-0.05, 0) is 19.4 Å². The zero-order chi connectivity index (χ0) is 15.7. The topological polar surface area (TPSA) is 45.7 Å². The Morgan fingerprint density at radius 2 is 2.10 bits per heavy atom. The highest BCUT2D eigenvalue weighted by Crippen LogP contribution is 2.21. The molecule has 1 aromatic carbocycles. The predicted molar refractivity (Wildman–Crippen MR) is 76.6 cm³/mol. The van der Waals surface area contributed by atoms with Gasteiger partial charge in [0.05, 0.1) is 6.67 Å². The number of benzene rings is 1. The number of aliphatic imine (C=N–C) groups is 1. The van der Waals surface area contributed by atoms with E-state index in [1.165, 1.54) is 6.07 Å². The van der Waals surface area contributed by atoms with Gasteiger partial charge in [0.25, 0.3) is 0 Å². The van der Waals surface area contributed by atoms with Gasteiger partial charge in [-0.1, -0.05) is 17.7 Å². The van der Waals surface area contributed by atoms with Crippen molar-refractivity contribution < 1.29 is 17.9 Å². The van der Waals surface area contributed by atoms with E-state index in [2.05, 4.69) is 20.4 Å². The number of hydrogen-bond acceptors (Lipinski definition) is 2. The fraction of sp³-hybridized carbons (Fsp3) is 0.500. The predicted octanol–water partition coefficient (Wildman–Crippen LogP) is 2.62. The van der Waals surface area contributed by atoms with Crippen molar-refractivity contribution in [2.24, 2.45) is 4.99 Å². The van der Waals surface area contributed by atoms with Crippen LogP contribution in [0.1, 0.15) is 17.5 Å². The molecule has 0 amide bonds. The number of guanidine groups is 1. The van der Waals surface area contributed by atoms with Crippen LogP contribution in [0.2, 0.25) is 0 Å². The van der Waals surface area contributed by atoms with Gasteiger partial charge in [-0.15, -0.1) is 0 Å².